The fourth-order valence-electron chi connectivity index (χ4n) is 2.03. The van der Waals surface area contributed by atoms with Crippen molar-refractivity contribution in [2.45, 2.75) is 44.6 Å². The minimum absolute atomic E-state index is 0.138. The van der Waals surface area contributed by atoms with E-state index in [1.54, 1.807) is 0 Å². The van der Waals surface area contributed by atoms with E-state index in [1.165, 1.54) is 19.3 Å². The monoisotopic (exact) mass is 343 g/mol. The maximum Gasteiger partial charge on any atom is 0.335 e. The summed E-state index contributed by atoms with van der Waals surface area (Å²) >= 11 is 3.40. The van der Waals surface area contributed by atoms with E-state index in [2.05, 4.69) is 15.9 Å². The van der Waals surface area contributed by atoms with E-state index in [0.29, 0.717) is 25.9 Å². The molecule has 0 unspecified atom stereocenters. The minimum atomic E-state index is -4.01. The van der Waals surface area contributed by atoms with Gasteiger partial charge in [0.2, 0.25) is 0 Å². The predicted octanol–water partition coefficient (Wildman–Crippen LogP) is 2.23. The summed E-state index contributed by atoms with van der Waals surface area (Å²) in [5.41, 5.74) is 0. The number of nitrogens with zero attached hydrogens (tertiary/aromatic N) is 1. The number of halogens is 1. The topological polar surface area (TPSA) is 66.8 Å². The Hall–Kier alpha value is 0.310. The van der Waals surface area contributed by atoms with Gasteiger partial charge in [0.25, 0.3) is 0 Å². The first-order valence-corrected chi connectivity index (χ1v) is 8.96. The van der Waals surface area contributed by atoms with Crippen LogP contribution in [-0.4, -0.2) is 48.4 Å². The Kier molecular flexibility index (Phi) is 7.70. The Balaban J connectivity index is 2.06. The van der Waals surface area contributed by atoms with Gasteiger partial charge in [0.05, 0.1) is 6.10 Å². The zero-order valence-corrected chi connectivity index (χ0v) is 13.0. The third-order valence-corrected chi connectivity index (χ3v) is 4.69. The zero-order valence-electron chi connectivity index (χ0n) is 10.6. The maximum absolute atomic E-state index is 10.9. The van der Waals surface area contributed by atoms with Crippen molar-refractivity contribution in [3.63, 3.8) is 0 Å². The molecule has 0 amide bonds. The van der Waals surface area contributed by atoms with Gasteiger partial charge in [0, 0.05) is 25.0 Å². The lowest BCUT2D eigenvalue weighted by molar-refractivity contribution is 0.0182. The van der Waals surface area contributed by atoms with Gasteiger partial charge in [-0.15, -0.1) is 0 Å². The Morgan fingerprint density at radius 2 is 1.78 bits per heavy atom. The summed E-state index contributed by atoms with van der Waals surface area (Å²) in [6.45, 7) is 1.46. The first-order chi connectivity index (χ1) is 8.54. The highest BCUT2D eigenvalue weighted by Crippen LogP contribution is 2.16. The Labute approximate surface area is 118 Å². The molecule has 108 valence electrons. The van der Waals surface area contributed by atoms with Gasteiger partial charge in [0.15, 0.2) is 0 Å². The van der Waals surface area contributed by atoms with Gasteiger partial charge in [-0.1, -0.05) is 28.8 Å². The van der Waals surface area contributed by atoms with Crippen molar-refractivity contribution in [2.75, 3.05) is 25.0 Å². The van der Waals surface area contributed by atoms with Crippen LogP contribution in [0, 0.1) is 0 Å². The molecule has 7 heteroatoms. The van der Waals surface area contributed by atoms with Gasteiger partial charge in [0.1, 0.15) is 0 Å². The van der Waals surface area contributed by atoms with Crippen LogP contribution in [-0.2, 0) is 15.0 Å². The molecule has 0 saturated carbocycles. The summed E-state index contributed by atoms with van der Waals surface area (Å²) < 4.78 is 37.5. The van der Waals surface area contributed by atoms with E-state index in [9.17, 15) is 8.42 Å². The van der Waals surface area contributed by atoms with Crippen LogP contribution in [0.25, 0.3) is 0 Å². The van der Waals surface area contributed by atoms with Crippen molar-refractivity contribution >= 4 is 26.2 Å². The Bertz CT molecular complexity index is 315. The molecule has 0 aliphatic carbocycles. The van der Waals surface area contributed by atoms with E-state index in [4.69, 9.17) is 9.29 Å². The number of hydrogen-bond acceptors (Lipinski definition) is 3. The average Bonchev–Trinajstić information content (AvgIpc) is 2.33. The van der Waals surface area contributed by atoms with Crippen LogP contribution in [0.4, 0.5) is 0 Å². The average molecular weight is 344 g/mol. The molecule has 1 aliphatic rings. The van der Waals surface area contributed by atoms with E-state index in [0.717, 1.165) is 22.7 Å². The van der Waals surface area contributed by atoms with E-state index >= 15 is 0 Å². The van der Waals surface area contributed by atoms with Crippen LogP contribution >= 0.6 is 15.9 Å². The summed E-state index contributed by atoms with van der Waals surface area (Å²) in [5.74, 6) is 0. The van der Waals surface area contributed by atoms with Gasteiger partial charge in [-0.3, -0.25) is 4.55 Å². The lowest BCUT2D eigenvalue weighted by atomic mass is 10.1. The van der Waals surface area contributed by atoms with E-state index in [-0.39, 0.29) is 6.10 Å². The van der Waals surface area contributed by atoms with Crippen molar-refractivity contribution in [2.24, 2.45) is 0 Å². The van der Waals surface area contributed by atoms with Gasteiger partial charge < -0.3 is 4.74 Å². The Morgan fingerprint density at radius 3 is 2.33 bits per heavy atom. The van der Waals surface area contributed by atoms with Crippen molar-refractivity contribution in [1.29, 1.82) is 0 Å². The molecule has 0 radical (unpaired) electrons. The highest BCUT2D eigenvalue weighted by atomic mass is 79.9. The second-order valence-corrected chi connectivity index (χ2v) is 6.76. The molecule has 1 fully saturated rings. The van der Waals surface area contributed by atoms with Crippen molar-refractivity contribution in [3.05, 3.63) is 0 Å². The highest BCUT2D eigenvalue weighted by molar-refractivity contribution is 9.09. The normalized spacial score (nSPS) is 19.2. The summed E-state index contributed by atoms with van der Waals surface area (Å²) in [7, 11) is -4.01. The van der Waals surface area contributed by atoms with Crippen molar-refractivity contribution in [3.8, 4) is 0 Å². The fourth-order valence-corrected chi connectivity index (χ4v) is 3.10. The fraction of sp³-hybridized carbons (Fsp3) is 1.00. The lowest BCUT2D eigenvalue weighted by Gasteiger charge is -2.29. The van der Waals surface area contributed by atoms with Crippen molar-refractivity contribution in [1.82, 2.24) is 4.31 Å². The first kappa shape index (κ1) is 16.4. The molecule has 1 heterocycles. The summed E-state index contributed by atoms with van der Waals surface area (Å²) in [6, 6.07) is 0. The number of rotatable bonds is 8. The van der Waals surface area contributed by atoms with Crippen LogP contribution in [0.5, 0.6) is 0 Å². The molecule has 0 bridgehead atoms. The molecule has 1 N–H and O–H groups in total. The smallest absolute Gasteiger partial charge is 0.335 e. The summed E-state index contributed by atoms with van der Waals surface area (Å²) in [4.78, 5) is 0. The molecule has 1 saturated heterocycles. The quantitative estimate of drug-likeness (QED) is 0.417. The van der Waals surface area contributed by atoms with Crippen LogP contribution in [0.3, 0.4) is 0 Å². The molecular formula is C11H22BrNO4S. The SMILES string of the molecule is O=S(=O)(O)N1CCC(OCCCCCCBr)CC1. The van der Waals surface area contributed by atoms with Crippen LogP contribution < -0.4 is 0 Å². The molecule has 1 rings (SSSR count). The molecular weight excluding hydrogens is 322 g/mol. The van der Waals surface area contributed by atoms with Gasteiger partial charge in [-0.05, 0) is 25.7 Å². The van der Waals surface area contributed by atoms with Crippen molar-refractivity contribution < 1.29 is 17.7 Å². The third kappa shape index (κ3) is 6.47. The number of hydrogen-bond donors (Lipinski definition) is 1. The molecule has 0 atom stereocenters. The molecule has 0 aromatic rings. The number of piperidine rings is 1. The second kappa shape index (κ2) is 8.47. The van der Waals surface area contributed by atoms with Crippen LogP contribution in [0.15, 0.2) is 0 Å². The first-order valence-electron chi connectivity index (χ1n) is 6.44. The number of ether oxygens (including phenoxy) is 1. The van der Waals surface area contributed by atoms with Gasteiger partial charge in [-0.2, -0.15) is 12.7 Å². The number of unbranched alkanes of at least 4 members (excludes halogenated alkanes) is 3. The highest BCUT2D eigenvalue weighted by Gasteiger charge is 2.26. The third-order valence-electron chi connectivity index (χ3n) is 3.11. The molecule has 0 aromatic carbocycles. The van der Waals surface area contributed by atoms with E-state index < -0.39 is 10.3 Å². The predicted molar refractivity (Wildman–Crippen MR) is 74.4 cm³/mol. The summed E-state index contributed by atoms with van der Waals surface area (Å²) in [5, 5.41) is 1.06. The standard InChI is InChI=1S/C11H22BrNO4S/c12-7-3-1-2-4-10-17-11-5-8-13(9-6-11)18(14,15)16/h11H,1-10H2,(H,14,15,16). The Morgan fingerprint density at radius 1 is 1.17 bits per heavy atom. The molecule has 1 aliphatic heterocycles. The largest absolute Gasteiger partial charge is 0.378 e. The zero-order chi connectivity index (χ0) is 13.4. The molecule has 0 spiro atoms. The summed E-state index contributed by atoms with van der Waals surface area (Å²) in [6.07, 6.45) is 6.13. The van der Waals surface area contributed by atoms with E-state index in [1.807, 2.05) is 0 Å². The van der Waals surface area contributed by atoms with Gasteiger partial charge in [-0.25, -0.2) is 0 Å². The van der Waals surface area contributed by atoms with Crippen LogP contribution in [0.2, 0.25) is 0 Å². The second-order valence-electron chi connectivity index (χ2n) is 4.55. The molecule has 0 aromatic heterocycles. The molecule has 18 heavy (non-hydrogen) atoms. The van der Waals surface area contributed by atoms with Gasteiger partial charge >= 0.3 is 10.3 Å². The number of alkyl halides is 1. The lowest BCUT2D eigenvalue weighted by Crippen LogP contribution is -2.40. The van der Waals surface area contributed by atoms with Crippen LogP contribution in [0.1, 0.15) is 38.5 Å². The molecule has 5 nitrogen and oxygen atoms in total. The minimum Gasteiger partial charge on any atom is -0.378 e. The maximum atomic E-state index is 10.9.